The van der Waals surface area contributed by atoms with Crippen molar-refractivity contribution >= 4 is 52.4 Å². The molecule has 6 heteroatoms. The van der Waals surface area contributed by atoms with E-state index in [1.807, 2.05) is 0 Å². The van der Waals surface area contributed by atoms with Gasteiger partial charge in [-0.1, -0.05) is 52.5 Å². The molecule has 1 N–H and O–H groups in total. The molecule has 0 bridgehead atoms. The second-order valence-electron chi connectivity index (χ2n) is 3.74. The highest BCUT2D eigenvalue weighted by Crippen LogP contribution is 2.38. The van der Waals surface area contributed by atoms with Gasteiger partial charge in [0.1, 0.15) is 0 Å². The van der Waals surface area contributed by atoms with E-state index in [4.69, 9.17) is 51.5 Å². The third-order valence-corrected chi connectivity index (χ3v) is 3.64. The van der Waals surface area contributed by atoms with E-state index in [2.05, 4.69) is 0 Å². The molecule has 98 valence electrons. The maximum Gasteiger partial charge on any atom is 0.337 e. The molecule has 19 heavy (non-hydrogen) atoms. The van der Waals surface area contributed by atoms with Crippen LogP contribution in [0.3, 0.4) is 0 Å². The first-order valence-corrected chi connectivity index (χ1v) is 6.59. The van der Waals surface area contributed by atoms with Crippen LogP contribution in [0.4, 0.5) is 0 Å². The van der Waals surface area contributed by atoms with E-state index in [9.17, 15) is 4.79 Å². The Labute approximate surface area is 129 Å². The molecular formula is C13H6Cl4O2. The van der Waals surface area contributed by atoms with Gasteiger partial charge in [-0.15, -0.1) is 0 Å². The van der Waals surface area contributed by atoms with Gasteiger partial charge in [0, 0.05) is 10.6 Å². The van der Waals surface area contributed by atoms with Crippen LogP contribution in [0.15, 0.2) is 30.3 Å². The maximum atomic E-state index is 11.1. The van der Waals surface area contributed by atoms with E-state index in [-0.39, 0.29) is 10.6 Å². The molecule has 0 atom stereocenters. The standard InChI is InChI=1S/C13H6Cl4O2/c14-7-4-10(16)12(11(17)5-7)6-1-2-9(15)8(3-6)13(18)19/h1-5H,(H,18,19). The number of hydrogen-bond donors (Lipinski definition) is 1. The summed E-state index contributed by atoms with van der Waals surface area (Å²) < 4.78 is 0. The van der Waals surface area contributed by atoms with Crippen molar-refractivity contribution in [1.82, 2.24) is 0 Å². The summed E-state index contributed by atoms with van der Waals surface area (Å²) in [5.74, 6) is -1.12. The van der Waals surface area contributed by atoms with Crippen molar-refractivity contribution in [3.8, 4) is 11.1 Å². The lowest BCUT2D eigenvalue weighted by molar-refractivity contribution is 0.0697. The van der Waals surface area contributed by atoms with Crippen LogP contribution in [-0.4, -0.2) is 11.1 Å². The number of rotatable bonds is 2. The molecule has 2 rings (SSSR count). The molecule has 0 radical (unpaired) electrons. The SMILES string of the molecule is O=C(O)c1cc(-c2c(Cl)cc(Cl)cc2Cl)ccc1Cl. The van der Waals surface area contributed by atoms with Crippen molar-refractivity contribution in [3.63, 3.8) is 0 Å². The highest BCUT2D eigenvalue weighted by Gasteiger charge is 2.14. The molecule has 0 fully saturated rings. The fourth-order valence-electron chi connectivity index (χ4n) is 1.66. The van der Waals surface area contributed by atoms with Gasteiger partial charge in [-0.25, -0.2) is 4.79 Å². The fraction of sp³-hybridized carbons (Fsp3) is 0. The van der Waals surface area contributed by atoms with Crippen molar-refractivity contribution in [1.29, 1.82) is 0 Å². The number of carboxylic acid groups (broad SMARTS) is 1. The molecule has 0 unspecified atom stereocenters. The first kappa shape index (κ1) is 14.5. The predicted octanol–water partition coefficient (Wildman–Crippen LogP) is 5.67. The molecule has 0 spiro atoms. The van der Waals surface area contributed by atoms with Crippen molar-refractivity contribution in [2.24, 2.45) is 0 Å². The van der Waals surface area contributed by atoms with Gasteiger partial charge in [0.15, 0.2) is 0 Å². The van der Waals surface area contributed by atoms with E-state index in [1.165, 1.54) is 12.1 Å². The maximum absolute atomic E-state index is 11.1. The van der Waals surface area contributed by atoms with E-state index < -0.39 is 5.97 Å². The van der Waals surface area contributed by atoms with Crippen LogP contribution in [0, 0.1) is 0 Å². The monoisotopic (exact) mass is 334 g/mol. The largest absolute Gasteiger partial charge is 0.478 e. The number of benzene rings is 2. The highest BCUT2D eigenvalue weighted by molar-refractivity contribution is 6.42. The average molecular weight is 336 g/mol. The lowest BCUT2D eigenvalue weighted by Gasteiger charge is -2.09. The van der Waals surface area contributed by atoms with Gasteiger partial charge in [-0.05, 0) is 29.8 Å². The first-order chi connectivity index (χ1) is 8.90. The van der Waals surface area contributed by atoms with Crippen LogP contribution in [0.5, 0.6) is 0 Å². The molecule has 0 aliphatic heterocycles. The fourth-order valence-corrected chi connectivity index (χ4v) is 2.90. The molecule has 0 aliphatic carbocycles. The van der Waals surface area contributed by atoms with E-state index in [0.717, 1.165) is 0 Å². The van der Waals surface area contributed by atoms with E-state index in [1.54, 1.807) is 18.2 Å². The molecule has 2 aromatic rings. The zero-order valence-corrected chi connectivity index (χ0v) is 12.3. The molecular weight excluding hydrogens is 330 g/mol. The third-order valence-electron chi connectivity index (χ3n) is 2.49. The number of carbonyl (C=O) groups is 1. The second-order valence-corrected chi connectivity index (χ2v) is 5.40. The number of hydrogen-bond acceptors (Lipinski definition) is 1. The van der Waals surface area contributed by atoms with Gasteiger partial charge >= 0.3 is 5.97 Å². The summed E-state index contributed by atoms with van der Waals surface area (Å²) >= 11 is 23.8. The van der Waals surface area contributed by atoms with Crippen LogP contribution >= 0.6 is 46.4 Å². The minimum atomic E-state index is -1.12. The average Bonchev–Trinajstić information content (AvgIpc) is 2.29. The Morgan fingerprint density at radius 3 is 2.00 bits per heavy atom. The van der Waals surface area contributed by atoms with Crippen LogP contribution in [-0.2, 0) is 0 Å². The van der Waals surface area contributed by atoms with Crippen molar-refractivity contribution in [3.05, 3.63) is 56.0 Å². The molecule has 2 nitrogen and oxygen atoms in total. The van der Waals surface area contributed by atoms with Gasteiger partial charge in [0.2, 0.25) is 0 Å². The Morgan fingerprint density at radius 1 is 0.895 bits per heavy atom. The van der Waals surface area contributed by atoms with Crippen LogP contribution < -0.4 is 0 Å². The van der Waals surface area contributed by atoms with Gasteiger partial charge in [-0.3, -0.25) is 0 Å². The van der Waals surface area contributed by atoms with E-state index >= 15 is 0 Å². The zero-order chi connectivity index (χ0) is 14.2. The summed E-state index contributed by atoms with van der Waals surface area (Å²) in [7, 11) is 0. The summed E-state index contributed by atoms with van der Waals surface area (Å²) in [6, 6.07) is 7.64. The first-order valence-electron chi connectivity index (χ1n) is 5.08. The molecule has 0 saturated carbocycles. The number of halogens is 4. The van der Waals surface area contributed by atoms with Gasteiger partial charge in [-0.2, -0.15) is 0 Å². The number of carboxylic acids is 1. The van der Waals surface area contributed by atoms with Crippen LogP contribution in [0.2, 0.25) is 20.1 Å². The lowest BCUT2D eigenvalue weighted by Crippen LogP contribution is -1.98. The van der Waals surface area contributed by atoms with Crippen molar-refractivity contribution < 1.29 is 9.90 Å². The Bertz CT molecular complexity index is 645. The summed E-state index contributed by atoms with van der Waals surface area (Å²) in [5.41, 5.74) is 1.07. The lowest BCUT2D eigenvalue weighted by atomic mass is 10.0. The topological polar surface area (TPSA) is 37.3 Å². The molecule has 2 aromatic carbocycles. The Kier molecular flexibility index (Phi) is 4.26. The van der Waals surface area contributed by atoms with Gasteiger partial charge in [0.05, 0.1) is 20.6 Å². The summed E-state index contributed by atoms with van der Waals surface area (Å²) in [6.07, 6.45) is 0. The van der Waals surface area contributed by atoms with Crippen molar-refractivity contribution in [2.45, 2.75) is 0 Å². The van der Waals surface area contributed by atoms with Crippen LogP contribution in [0.25, 0.3) is 11.1 Å². The Hall–Kier alpha value is -0.930. The molecule has 0 aliphatic rings. The quantitative estimate of drug-likeness (QED) is 0.768. The summed E-state index contributed by atoms with van der Waals surface area (Å²) in [4.78, 5) is 11.1. The smallest absolute Gasteiger partial charge is 0.337 e. The number of aromatic carboxylic acids is 1. The van der Waals surface area contributed by atoms with Crippen LogP contribution in [0.1, 0.15) is 10.4 Å². The van der Waals surface area contributed by atoms with Gasteiger partial charge < -0.3 is 5.11 Å². The van der Waals surface area contributed by atoms with E-state index in [0.29, 0.717) is 26.2 Å². The Morgan fingerprint density at radius 2 is 1.47 bits per heavy atom. The third kappa shape index (κ3) is 2.98. The van der Waals surface area contributed by atoms with Gasteiger partial charge in [0.25, 0.3) is 0 Å². The normalized spacial score (nSPS) is 10.5. The second kappa shape index (κ2) is 5.59. The molecule has 0 aromatic heterocycles. The summed E-state index contributed by atoms with van der Waals surface area (Å²) in [6.45, 7) is 0. The highest BCUT2D eigenvalue weighted by atomic mass is 35.5. The molecule has 0 amide bonds. The summed E-state index contributed by atoms with van der Waals surface area (Å²) in [5, 5.41) is 10.3. The predicted molar refractivity (Wildman–Crippen MR) is 78.9 cm³/mol. The zero-order valence-electron chi connectivity index (χ0n) is 9.25. The van der Waals surface area contributed by atoms with Crippen molar-refractivity contribution in [2.75, 3.05) is 0 Å². The molecule has 0 heterocycles. The minimum absolute atomic E-state index is 0.0127. The minimum Gasteiger partial charge on any atom is -0.478 e. The molecule has 0 saturated heterocycles. The Balaban J connectivity index is 2.66.